The first-order valence-electron chi connectivity index (χ1n) is 13.5. The van der Waals surface area contributed by atoms with Gasteiger partial charge in [0.25, 0.3) is 6.02 Å². The molecule has 1 heterocycles. The van der Waals surface area contributed by atoms with Crippen LogP contribution in [0.4, 0.5) is 5.69 Å². The van der Waals surface area contributed by atoms with E-state index in [1.54, 1.807) is 6.08 Å². The zero-order valence-corrected chi connectivity index (χ0v) is 23.1. The summed E-state index contributed by atoms with van der Waals surface area (Å²) in [4.78, 5) is 16.8. The minimum absolute atomic E-state index is 0.156. The van der Waals surface area contributed by atoms with Crippen LogP contribution in [0.15, 0.2) is 102 Å². The highest BCUT2D eigenvalue weighted by molar-refractivity contribution is 6.08. The van der Waals surface area contributed by atoms with Crippen LogP contribution in [0.25, 0.3) is 27.9 Å². The van der Waals surface area contributed by atoms with Crippen LogP contribution < -0.4 is 10.1 Å². The maximum absolute atomic E-state index is 12.1. The van der Waals surface area contributed by atoms with Crippen molar-refractivity contribution in [3.63, 3.8) is 0 Å². The van der Waals surface area contributed by atoms with Crippen molar-refractivity contribution < 1.29 is 14.3 Å². The number of benzene rings is 4. The standard InChI is InChI=1S/C34H33N3O3/c1-4-37-32-9-7-6-8-30(32)31-21-26(14-19-33(31)37)20-29(23-38)40-34(36-27-15-10-24(3)11-16-27)35-22-25-12-17-28(18-13-25)39-5-2/h6-21,23H,4-5,22H2,1-3H3,(H,35,36)/b29-20+. The number of anilines is 1. The second-order valence-electron chi connectivity index (χ2n) is 9.49. The number of para-hydroxylation sites is 1. The number of hydrogen-bond acceptors (Lipinski definition) is 4. The minimum Gasteiger partial charge on any atom is -0.494 e. The van der Waals surface area contributed by atoms with Crippen LogP contribution in [0.1, 0.15) is 30.5 Å². The Morgan fingerprint density at radius 2 is 1.65 bits per heavy atom. The van der Waals surface area contributed by atoms with Crippen molar-refractivity contribution in [2.24, 2.45) is 4.99 Å². The second-order valence-corrected chi connectivity index (χ2v) is 9.49. The van der Waals surface area contributed by atoms with E-state index < -0.39 is 0 Å². The Balaban J connectivity index is 1.44. The van der Waals surface area contributed by atoms with Crippen LogP contribution in [0, 0.1) is 6.92 Å². The number of ether oxygens (including phenoxy) is 2. The van der Waals surface area contributed by atoms with Gasteiger partial charge in [-0.1, -0.05) is 54.1 Å². The van der Waals surface area contributed by atoms with E-state index in [4.69, 9.17) is 9.47 Å². The van der Waals surface area contributed by atoms with Gasteiger partial charge in [-0.2, -0.15) is 0 Å². The Bertz CT molecular complexity index is 1680. The van der Waals surface area contributed by atoms with E-state index in [9.17, 15) is 4.79 Å². The van der Waals surface area contributed by atoms with Gasteiger partial charge in [0.1, 0.15) is 5.75 Å². The molecule has 0 fully saturated rings. The molecule has 0 radical (unpaired) electrons. The van der Waals surface area contributed by atoms with Crippen molar-refractivity contribution in [1.29, 1.82) is 0 Å². The third-order valence-electron chi connectivity index (χ3n) is 6.69. The van der Waals surface area contributed by atoms with Crippen molar-refractivity contribution in [2.45, 2.75) is 33.9 Å². The lowest BCUT2D eigenvalue weighted by atomic mass is 10.1. The lowest BCUT2D eigenvalue weighted by molar-refractivity contribution is -0.106. The molecule has 0 aliphatic carbocycles. The SMILES string of the molecule is CCOc1ccc(CN=C(Nc2ccc(C)cc2)O/C(C=O)=C/c2ccc3c(c2)c2ccccc2n3CC)cc1. The van der Waals surface area contributed by atoms with E-state index in [0.29, 0.717) is 19.4 Å². The van der Waals surface area contributed by atoms with Crippen molar-refractivity contribution >= 4 is 45.9 Å². The monoisotopic (exact) mass is 531 g/mol. The number of fused-ring (bicyclic) bond motifs is 3. The van der Waals surface area contributed by atoms with Gasteiger partial charge in [0.05, 0.1) is 13.2 Å². The molecule has 5 aromatic rings. The molecule has 0 atom stereocenters. The van der Waals surface area contributed by atoms with Crippen LogP contribution in [0.2, 0.25) is 0 Å². The first-order valence-corrected chi connectivity index (χ1v) is 13.5. The summed E-state index contributed by atoms with van der Waals surface area (Å²) >= 11 is 0. The molecule has 6 heteroatoms. The summed E-state index contributed by atoms with van der Waals surface area (Å²) < 4.78 is 13.9. The summed E-state index contributed by atoms with van der Waals surface area (Å²) in [5.41, 5.74) is 6.18. The number of rotatable bonds is 9. The largest absolute Gasteiger partial charge is 0.494 e. The van der Waals surface area contributed by atoms with Crippen molar-refractivity contribution in [2.75, 3.05) is 11.9 Å². The molecule has 0 saturated heterocycles. The molecule has 0 saturated carbocycles. The Labute approximate surface area is 234 Å². The normalized spacial score (nSPS) is 12.1. The van der Waals surface area contributed by atoms with E-state index in [1.807, 2.05) is 74.5 Å². The highest BCUT2D eigenvalue weighted by Gasteiger charge is 2.11. The molecule has 4 aromatic carbocycles. The summed E-state index contributed by atoms with van der Waals surface area (Å²) in [7, 11) is 0. The Morgan fingerprint density at radius 1 is 0.900 bits per heavy atom. The first kappa shape index (κ1) is 26.8. The number of aromatic nitrogens is 1. The van der Waals surface area contributed by atoms with Gasteiger partial charge < -0.3 is 19.4 Å². The van der Waals surface area contributed by atoms with Gasteiger partial charge in [-0.3, -0.25) is 4.79 Å². The number of aliphatic imine (C=N–C) groups is 1. The minimum atomic E-state index is 0.156. The molecule has 6 nitrogen and oxygen atoms in total. The predicted octanol–water partition coefficient (Wildman–Crippen LogP) is 7.75. The van der Waals surface area contributed by atoms with E-state index in [2.05, 4.69) is 52.1 Å². The number of amidine groups is 1. The number of aldehydes is 1. The van der Waals surface area contributed by atoms with Crippen LogP contribution in [-0.4, -0.2) is 23.5 Å². The Morgan fingerprint density at radius 3 is 2.38 bits per heavy atom. The van der Waals surface area contributed by atoms with E-state index in [1.165, 1.54) is 10.9 Å². The Kier molecular flexibility index (Phi) is 8.26. The van der Waals surface area contributed by atoms with Gasteiger partial charge in [0, 0.05) is 34.0 Å². The lowest BCUT2D eigenvalue weighted by Crippen LogP contribution is -2.17. The average molecular weight is 532 g/mol. The highest BCUT2D eigenvalue weighted by Crippen LogP contribution is 2.30. The van der Waals surface area contributed by atoms with Crippen LogP contribution in [-0.2, 0) is 22.6 Å². The summed E-state index contributed by atoms with van der Waals surface area (Å²) in [6, 6.07) is 30.5. The number of nitrogens with one attached hydrogen (secondary N) is 1. The molecule has 1 aromatic heterocycles. The fourth-order valence-corrected chi connectivity index (χ4v) is 4.74. The van der Waals surface area contributed by atoms with Crippen LogP contribution in [0.3, 0.4) is 0 Å². The second kappa shape index (κ2) is 12.3. The molecule has 0 spiro atoms. The van der Waals surface area contributed by atoms with Crippen molar-refractivity contribution in [3.05, 3.63) is 113 Å². The molecular formula is C34H33N3O3. The molecule has 5 rings (SSSR count). The Hall–Kier alpha value is -4.84. The molecular weight excluding hydrogens is 498 g/mol. The number of allylic oxidation sites excluding steroid dienone is 1. The number of nitrogens with zero attached hydrogens (tertiary/aromatic N) is 2. The molecule has 0 aliphatic heterocycles. The molecule has 0 aliphatic rings. The fraction of sp³-hybridized carbons (Fsp3) is 0.176. The molecule has 1 N–H and O–H groups in total. The van der Waals surface area contributed by atoms with Crippen molar-refractivity contribution in [3.8, 4) is 5.75 Å². The maximum atomic E-state index is 12.1. The smallest absolute Gasteiger partial charge is 0.295 e. The predicted molar refractivity (Wildman–Crippen MR) is 164 cm³/mol. The number of carbonyl (C=O) groups excluding carboxylic acids is 1. The summed E-state index contributed by atoms with van der Waals surface area (Å²) in [5.74, 6) is 0.971. The topological polar surface area (TPSA) is 64.8 Å². The zero-order chi connectivity index (χ0) is 27.9. The molecule has 40 heavy (non-hydrogen) atoms. The quantitative estimate of drug-likeness (QED) is 0.0694. The van der Waals surface area contributed by atoms with Crippen LogP contribution in [0.5, 0.6) is 5.75 Å². The third-order valence-corrected chi connectivity index (χ3v) is 6.69. The first-order chi connectivity index (χ1) is 19.6. The number of hydrogen-bond donors (Lipinski definition) is 1. The zero-order valence-electron chi connectivity index (χ0n) is 23.1. The molecule has 202 valence electrons. The van der Waals surface area contributed by atoms with E-state index >= 15 is 0 Å². The van der Waals surface area contributed by atoms with Gasteiger partial charge in [-0.05, 0) is 80.4 Å². The van der Waals surface area contributed by atoms with Gasteiger partial charge in [0.15, 0.2) is 12.0 Å². The van der Waals surface area contributed by atoms with E-state index in [0.717, 1.165) is 45.6 Å². The van der Waals surface area contributed by atoms with E-state index in [-0.39, 0.29) is 11.8 Å². The maximum Gasteiger partial charge on any atom is 0.295 e. The van der Waals surface area contributed by atoms with Gasteiger partial charge >= 0.3 is 0 Å². The van der Waals surface area contributed by atoms with Gasteiger partial charge in [0.2, 0.25) is 0 Å². The highest BCUT2D eigenvalue weighted by atomic mass is 16.5. The van der Waals surface area contributed by atoms with Crippen molar-refractivity contribution in [1.82, 2.24) is 4.57 Å². The third kappa shape index (κ3) is 6.07. The lowest BCUT2D eigenvalue weighted by Gasteiger charge is -2.12. The number of carbonyl (C=O) groups is 1. The summed E-state index contributed by atoms with van der Waals surface area (Å²) in [6.45, 7) is 8.00. The summed E-state index contributed by atoms with van der Waals surface area (Å²) in [5, 5.41) is 5.54. The van der Waals surface area contributed by atoms with Gasteiger partial charge in [-0.25, -0.2) is 4.99 Å². The fourth-order valence-electron chi connectivity index (χ4n) is 4.74. The van der Waals surface area contributed by atoms with Crippen LogP contribution >= 0.6 is 0 Å². The number of aryl methyl sites for hydroxylation is 2. The average Bonchev–Trinajstić information content (AvgIpc) is 3.30. The summed E-state index contributed by atoms with van der Waals surface area (Å²) in [6.07, 6.45) is 2.45. The van der Waals surface area contributed by atoms with Gasteiger partial charge in [-0.15, -0.1) is 0 Å². The molecule has 0 unspecified atom stereocenters. The molecule has 0 bridgehead atoms. The molecule has 0 amide bonds.